The lowest BCUT2D eigenvalue weighted by molar-refractivity contribution is 0.625. The molecule has 0 amide bonds. The fourth-order valence-electron chi connectivity index (χ4n) is 1.07. The van der Waals surface area contributed by atoms with Crippen molar-refractivity contribution in [3.63, 3.8) is 0 Å². The maximum atomic E-state index is 13.2. The lowest BCUT2D eigenvalue weighted by atomic mass is 10.1. The Morgan fingerprint density at radius 2 is 2.23 bits per heavy atom. The predicted octanol–water partition coefficient (Wildman–Crippen LogP) is 3.00. The number of nitrogens with zero attached hydrogens (tertiary/aromatic N) is 1. The standard InChI is InChI=1S/C10H11ClFN/c1-3-7-4-5-9(12)8(6-7)10(11)13-2/h4-6H,3H2,1-2H3/b13-10-. The zero-order valence-corrected chi connectivity index (χ0v) is 8.40. The van der Waals surface area contributed by atoms with Gasteiger partial charge in [-0.3, -0.25) is 4.99 Å². The van der Waals surface area contributed by atoms with Gasteiger partial charge in [0.15, 0.2) is 0 Å². The number of hydrogen-bond acceptors (Lipinski definition) is 1. The normalized spacial score (nSPS) is 11.8. The van der Waals surface area contributed by atoms with Crippen molar-refractivity contribution in [3.8, 4) is 0 Å². The summed E-state index contributed by atoms with van der Waals surface area (Å²) in [5.41, 5.74) is 1.43. The van der Waals surface area contributed by atoms with Crippen LogP contribution >= 0.6 is 11.6 Å². The summed E-state index contributed by atoms with van der Waals surface area (Å²) in [6.45, 7) is 2.01. The van der Waals surface area contributed by atoms with Gasteiger partial charge in [-0.05, 0) is 24.1 Å². The van der Waals surface area contributed by atoms with Gasteiger partial charge in [0.2, 0.25) is 0 Å². The van der Waals surface area contributed by atoms with Crippen molar-refractivity contribution >= 4 is 16.8 Å². The van der Waals surface area contributed by atoms with E-state index >= 15 is 0 Å². The Morgan fingerprint density at radius 1 is 1.54 bits per heavy atom. The van der Waals surface area contributed by atoms with Crippen LogP contribution in [-0.4, -0.2) is 12.2 Å². The number of benzene rings is 1. The highest BCUT2D eigenvalue weighted by molar-refractivity contribution is 6.69. The van der Waals surface area contributed by atoms with E-state index in [1.165, 1.54) is 6.07 Å². The molecule has 1 rings (SSSR count). The van der Waals surface area contributed by atoms with Crippen LogP contribution in [0.5, 0.6) is 0 Å². The number of aryl methyl sites for hydroxylation is 1. The predicted molar refractivity (Wildman–Crippen MR) is 54.1 cm³/mol. The topological polar surface area (TPSA) is 12.4 Å². The second kappa shape index (κ2) is 4.38. The molecule has 0 bridgehead atoms. The molecule has 1 aromatic rings. The quantitative estimate of drug-likeness (QED) is 0.650. The fraction of sp³-hybridized carbons (Fsp3) is 0.300. The van der Waals surface area contributed by atoms with Gasteiger partial charge in [-0.2, -0.15) is 0 Å². The highest BCUT2D eigenvalue weighted by Gasteiger charge is 2.06. The molecule has 0 aliphatic rings. The second-order valence-electron chi connectivity index (χ2n) is 2.68. The number of halogens is 2. The lowest BCUT2D eigenvalue weighted by Crippen LogP contribution is -1.97. The van der Waals surface area contributed by atoms with Crippen LogP contribution in [0.1, 0.15) is 18.1 Å². The van der Waals surface area contributed by atoms with Gasteiger partial charge in [-0.25, -0.2) is 4.39 Å². The molecule has 1 nitrogen and oxygen atoms in total. The second-order valence-corrected chi connectivity index (χ2v) is 3.04. The van der Waals surface area contributed by atoms with Crippen molar-refractivity contribution in [1.29, 1.82) is 0 Å². The first kappa shape index (κ1) is 10.2. The van der Waals surface area contributed by atoms with E-state index in [0.717, 1.165) is 12.0 Å². The third-order valence-corrected chi connectivity index (χ3v) is 2.23. The van der Waals surface area contributed by atoms with Crippen molar-refractivity contribution in [2.45, 2.75) is 13.3 Å². The van der Waals surface area contributed by atoms with Crippen LogP contribution in [0.4, 0.5) is 4.39 Å². The van der Waals surface area contributed by atoms with Crippen LogP contribution in [0.2, 0.25) is 0 Å². The largest absolute Gasteiger partial charge is 0.276 e. The summed E-state index contributed by atoms with van der Waals surface area (Å²) in [5, 5.41) is 0.216. The van der Waals surface area contributed by atoms with E-state index in [1.54, 1.807) is 19.2 Å². The molecule has 0 fully saturated rings. The van der Waals surface area contributed by atoms with E-state index in [9.17, 15) is 4.39 Å². The van der Waals surface area contributed by atoms with E-state index in [1.807, 2.05) is 6.92 Å². The molecule has 0 N–H and O–H groups in total. The van der Waals surface area contributed by atoms with Crippen molar-refractivity contribution in [3.05, 3.63) is 35.1 Å². The van der Waals surface area contributed by atoms with Crippen LogP contribution in [0, 0.1) is 5.82 Å². The highest BCUT2D eigenvalue weighted by Crippen LogP contribution is 2.14. The molecule has 1 aromatic carbocycles. The van der Waals surface area contributed by atoms with Gasteiger partial charge in [-0.15, -0.1) is 0 Å². The lowest BCUT2D eigenvalue weighted by Gasteiger charge is -2.02. The number of aliphatic imine (C=N–C) groups is 1. The minimum absolute atomic E-state index is 0.216. The summed E-state index contributed by atoms with van der Waals surface area (Å²) in [4.78, 5) is 3.74. The highest BCUT2D eigenvalue weighted by atomic mass is 35.5. The first-order chi connectivity index (χ1) is 6.19. The van der Waals surface area contributed by atoms with Gasteiger partial charge in [-0.1, -0.05) is 24.6 Å². The molecule has 0 spiro atoms. The average Bonchev–Trinajstić information content (AvgIpc) is 2.17. The van der Waals surface area contributed by atoms with Crippen LogP contribution in [0.15, 0.2) is 23.2 Å². The van der Waals surface area contributed by atoms with Crippen molar-refractivity contribution in [1.82, 2.24) is 0 Å². The molecule has 0 unspecified atom stereocenters. The van der Waals surface area contributed by atoms with Gasteiger partial charge in [0.1, 0.15) is 11.0 Å². The van der Waals surface area contributed by atoms with Crippen molar-refractivity contribution < 1.29 is 4.39 Å². The van der Waals surface area contributed by atoms with Gasteiger partial charge in [0.25, 0.3) is 0 Å². The minimum Gasteiger partial charge on any atom is -0.276 e. The Hall–Kier alpha value is -0.890. The van der Waals surface area contributed by atoms with E-state index in [0.29, 0.717) is 5.56 Å². The monoisotopic (exact) mass is 199 g/mol. The summed E-state index contributed by atoms with van der Waals surface area (Å²) < 4.78 is 13.2. The molecule has 0 aliphatic heterocycles. The van der Waals surface area contributed by atoms with E-state index in [4.69, 9.17) is 11.6 Å². The van der Waals surface area contributed by atoms with Gasteiger partial charge in [0.05, 0.1) is 0 Å². The molecule has 13 heavy (non-hydrogen) atoms. The minimum atomic E-state index is -0.326. The van der Waals surface area contributed by atoms with Crippen LogP contribution in [0.25, 0.3) is 0 Å². The third-order valence-electron chi connectivity index (χ3n) is 1.86. The van der Waals surface area contributed by atoms with Crippen LogP contribution < -0.4 is 0 Å². The molecule has 0 saturated carbocycles. The zero-order chi connectivity index (χ0) is 9.84. The maximum absolute atomic E-state index is 13.2. The Bertz CT molecular complexity index is 334. The van der Waals surface area contributed by atoms with Gasteiger partial charge in [0, 0.05) is 12.6 Å². The smallest absolute Gasteiger partial charge is 0.133 e. The number of rotatable bonds is 2. The Balaban J connectivity index is 3.19. The van der Waals surface area contributed by atoms with Crippen molar-refractivity contribution in [2.75, 3.05) is 7.05 Å². The molecular weight excluding hydrogens is 189 g/mol. The third kappa shape index (κ3) is 2.28. The summed E-state index contributed by atoms with van der Waals surface area (Å²) in [7, 11) is 1.54. The molecule has 3 heteroatoms. The van der Waals surface area contributed by atoms with E-state index in [2.05, 4.69) is 4.99 Å². The molecule has 0 aliphatic carbocycles. The van der Waals surface area contributed by atoms with Crippen LogP contribution in [-0.2, 0) is 6.42 Å². The van der Waals surface area contributed by atoms with Crippen molar-refractivity contribution in [2.24, 2.45) is 4.99 Å². The fourth-order valence-corrected chi connectivity index (χ4v) is 1.22. The van der Waals surface area contributed by atoms with Gasteiger partial charge < -0.3 is 0 Å². The molecule has 0 saturated heterocycles. The van der Waals surface area contributed by atoms with Crippen LogP contribution in [0.3, 0.4) is 0 Å². The maximum Gasteiger partial charge on any atom is 0.133 e. The Kier molecular flexibility index (Phi) is 3.43. The summed E-state index contributed by atoms with van der Waals surface area (Å²) in [6.07, 6.45) is 0.862. The van der Waals surface area contributed by atoms with Gasteiger partial charge >= 0.3 is 0 Å². The van der Waals surface area contributed by atoms with E-state index < -0.39 is 0 Å². The molecule has 0 aromatic heterocycles. The summed E-state index contributed by atoms with van der Waals surface area (Å²) in [6, 6.07) is 4.89. The SMILES string of the molecule is CCc1ccc(F)c(/C(Cl)=N/C)c1. The first-order valence-electron chi connectivity index (χ1n) is 4.10. The summed E-state index contributed by atoms with van der Waals surface area (Å²) >= 11 is 5.73. The molecule has 0 atom stereocenters. The molecule has 0 radical (unpaired) electrons. The first-order valence-corrected chi connectivity index (χ1v) is 4.48. The molecular formula is C10H11ClFN. The molecule has 70 valence electrons. The molecule has 0 heterocycles. The number of hydrogen-bond donors (Lipinski definition) is 0. The summed E-state index contributed by atoms with van der Waals surface area (Å²) in [5.74, 6) is -0.326. The zero-order valence-electron chi connectivity index (χ0n) is 7.64. The average molecular weight is 200 g/mol. The Morgan fingerprint density at radius 3 is 2.77 bits per heavy atom. The van der Waals surface area contributed by atoms with E-state index in [-0.39, 0.29) is 11.0 Å². The Labute approximate surface area is 82.3 Å².